The van der Waals surface area contributed by atoms with Crippen LogP contribution in [0.15, 0.2) is 11.8 Å². The Morgan fingerprint density at radius 3 is 2.56 bits per heavy atom. The molecular weight excluding hydrogens is 590 g/mol. The van der Waals surface area contributed by atoms with Gasteiger partial charge in [0.25, 0.3) is 0 Å². The summed E-state index contributed by atoms with van der Waals surface area (Å²) >= 11 is 0. The molecule has 0 bridgehead atoms. The molecule has 3 heterocycles. The van der Waals surface area contributed by atoms with Crippen molar-refractivity contribution in [2.45, 2.75) is 112 Å². The molecule has 12 atom stereocenters. The molecule has 0 aromatic carbocycles. The largest absolute Gasteiger partial charge is 0.467 e. The zero-order chi connectivity index (χ0) is 32.7. The minimum atomic E-state index is -1.43. The summed E-state index contributed by atoms with van der Waals surface area (Å²) in [6, 6.07) is -3.02. The van der Waals surface area contributed by atoms with Crippen LogP contribution in [0.25, 0.3) is 0 Å². The third-order valence-corrected chi connectivity index (χ3v) is 9.24. The Morgan fingerprint density at radius 1 is 1.16 bits per heavy atom. The van der Waals surface area contributed by atoms with E-state index in [1.807, 2.05) is 6.08 Å². The summed E-state index contributed by atoms with van der Waals surface area (Å²) in [4.78, 5) is 12.8. The predicted molar refractivity (Wildman–Crippen MR) is 163 cm³/mol. The lowest BCUT2D eigenvalue weighted by Crippen LogP contribution is -2.69. The van der Waals surface area contributed by atoms with Crippen molar-refractivity contribution in [2.75, 3.05) is 46.4 Å². The van der Waals surface area contributed by atoms with Crippen molar-refractivity contribution in [3.8, 4) is 0 Å². The molecule has 0 aromatic rings. The van der Waals surface area contributed by atoms with Crippen molar-refractivity contribution in [1.82, 2.24) is 21.3 Å². The summed E-state index contributed by atoms with van der Waals surface area (Å²) in [5.74, 6) is 0.580. The molecule has 1 aliphatic carbocycles. The first-order chi connectivity index (χ1) is 21.4. The highest BCUT2D eigenvalue weighted by Gasteiger charge is 2.52. The fraction of sp³-hybridized carbons (Fsp3) is 0.897. The van der Waals surface area contributed by atoms with Crippen LogP contribution in [0.1, 0.15) is 39.0 Å². The lowest BCUT2D eigenvalue weighted by Gasteiger charge is -2.49. The average Bonchev–Trinajstić information content (AvgIpc) is 3.00. The maximum Gasteiger partial charge on any atom is 0.249 e. The van der Waals surface area contributed by atoms with Gasteiger partial charge in [0.2, 0.25) is 12.2 Å². The predicted octanol–water partition coefficient (Wildman–Crippen LogP) is -4.35. The third-order valence-electron chi connectivity index (χ3n) is 9.24. The standard InChI is InChI=1S/C29H55N7O9/c1-29(41)14-42-28(22(39)25(29)33-2)45-24-19(36-26(40)20(37)5-8-30)11-18(32)23(21(24)38)44-27-17(31)4-3-16(43-27)13-35-12-15-6-9-34-10-7-15/h3,15,17-25,27-28,33-35,37-39,41H,4-14,30-32H2,1-2H3,(H,36,40)/t17-,18+,19-,20+,21+,22-,23-,24+,25-,27-,28-,29+/m1/s1. The SMILES string of the molecule is CN[C@@H]1[C@@H](O)[C@@H](O[C@@H]2[C@@H](O)[C@H](O[C@H]3OC(CNCC4CCNCC4)=CC[C@H]3N)[C@@H](N)C[C@H]2NC(=O)[C@@H](O)CCN)OC[C@]1(C)O. The summed E-state index contributed by atoms with van der Waals surface area (Å²) in [5.41, 5.74) is 17.0. The van der Waals surface area contributed by atoms with Gasteiger partial charge >= 0.3 is 0 Å². The van der Waals surface area contributed by atoms with Crippen LogP contribution in [-0.4, -0.2) is 146 Å². The molecule has 45 heavy (non-hydrogen) atoms. The number of nitrogens with two attached hydrogens (primary N) is 3. The number of nitrogens with one attached hydrogen (secondary N) is 4. The lowest BCUT2D eigenvalue weighted by atomic mass is 9.83. The summed E-state index contributed by atoms with van der Waals surface area (Å²) < 4.78 is 24.2. The van der Waals surface area contributed by atoms with E-state index in [9.17, 15) is 25.2 Å². The molecule has 2 saturated heterocycles. The Balaban J connectivity index is 1.44. The van der Waals surface area contributed by atoms with Crippen LogP contribution in [0, 0.1) is 5.92 Å². The number of aliphatic hydroxyl groups is 4. The van der Waals surface area contributed by atoms with Gasteiger partial charge in [-0.1, -0.05) is 0 Å². The second-order valence-electron chi connectivity index (χ2n) is 13.0. The molecule has 0 spiro atoms. The molecule has 1 saturated carbocycles. The van der Waals surface area contributed by atoms with Crippen LogP contribution in [0.5, 0.6) is 0 Å². The van der Waals surface area contributed by atoms with Gasteiger partial charge in [-0.25, -0.2) is 0 Å². The monoisotopic (exact) mass is 645 g/mol. The number of carbonyl (C=O) groups excluding carboxylic acids is 1. The summed E-state index contributed by atoms with van der Waals surface area (Å²) in [7, 11) is 1.59. The van der Waals surface area contributed by atoms with E-state index in [4.69, 9.17) is 36.1 Å². The molecule has 16 heteroatoms. The van der Waals surface area contributed by atoms with Crippen molar-refractivity contribution in [3.05, 3.63) is 11.8 Å². The first-order valence-electron chi connectivity index (χ1n) is 16.1. The topological polar surface area (TPSA) is 261 Å². The van der Waals surface area contributed by atoms with Gasteiger partial charge in [0.1, 0.15) is 41.9 Å². The highest BCUT2D eigenvalue weighted by Crippen LogP contribution is 2.32. The minimum Gasteiger partial charge on any atom is -0.467 e. The Morgan fingerprint density at radius 2 is 1.87 bits per heavy atom. The van der Waals surface area contributed by atoms with E-state index in [2.05, 4.69) is 21.3 Å². The van der Waals surface area contributed by atoms with E-state index >= 15 is 0 Å². The number of aliphatic hydroxyl groups excluding tert-OH is 3. The molecular formula is C29H55N7O9. The molecule has 3 fully saturated rings. The van der Waals surface area contributed by atoms with Crippen LogP contribution in [-0.2, 0) is 23.7 Å². The first kappa shape index (κ1) is 36.3. The smallest absolute Gasteiger partial charge is 0.249 e. The molecule has 260 valence electrons. The van der Waals surface area contributed by atoms with Crippen LogP contribution >= 0.6 is 0 Å². The number of rotatable bonds is 13. The zero-order valence-electron chi connectivity index (χ0n) is 26.3. The van der Waals surface area contributed by atoms with Gasteiger partial charge in [-0.2, -0.15) is 0 Å². The highest BCUT2D eigenvalue weighted by molar-refractivity contribution is 5.80. The lowest BCUT2D eigenvalue weighted by molar-refractivity contribution is -0.304. The average molecular weight is 646 g/mol. The van der Waals surface area contributed by atoms with Crippen molar-refractivity contribution in [2.24, 2.45) is 23.1 Å². The van der Waals surface area contributed by atoms with Gasteiger partial charge in [0.15, 0.2) is 6.29 Å². The van der Waals surface area contributed by atoms with Crippen molar-refractivity contribution in [1.29, 1.82) is 0 Å². The van der Waals surface area contributed by atoms with Gasteiger partial charge in [0, 0.05) is 6.04 Å². The highest BCUT2D eigenvalue weighted by atomic mass is 16.7. The zero-order valence-corrected chi connectivity index (χ0v) is 26.3. The number of hydrogen-bond donors (Lipinski definition) is 11. The maximum absolute atomic E-state index is 12.8. The van der Waals surface area contributed by atoms with Gasteiger partial charge in [0.05, 0.1) is 31.3 Å². The molecule has 14 N–H and O–H groups in total. The van der Waals surface area contributed by atoms with Gasteiger partial charge in [-0.3, -0.25) is 4.79 Å². The second kappa shape index (κ2) is 16.5. The van der Waals surface area contributed by atoms with E-state index in [0.717, 1.165) is 32.5 Å². The van der Waals surface area contributed by atoms with E-state index in [0.29, 0.717) is 24.6 Å². The molecule has 4 aliphatic rings. The molecule has 3 aliphatic heterocycles. The normalized spacial score (nSPS) is 40.3. The fourth-order valence-corrected chi connectivity index (χ4v) is 6.57. The van der Waals surface area contributed by atoms with E-state index in [1.54, 1.807) is 7.05 Å². The van der Waals surface area contributed by atoms with Crippen molar-refractivity contribution < 1.29 is 44.2 Å². The van der Waals surface area contributed by atoms with Gasteiger partial charge in [-0.05, 0) is 84.2 Å². The van der Waals surface area contributed by atoms with Crippen LogP contribution in [0.2, 0.25) is 0 Å². The second-order valence-corrected chi connectivity index (χ2v) is 13.0. The summed E-state index contributed by atoms with van der Waals surface area (Å²) in [6.07, 6.45) is -3.75. The first-order valence-corrected chi connectivity index (χ1v) is 16.1. The Labute approximate surface area is 264 Å². The Kier molecular flexibility index (Phi) is 13.4. The van der Waals surface area contributed by atoms with Crippen LogP contribution in [0.3, 0.4) is 0 Å². The third kappa shape index (κ3) is 9.31. The number of likely N-dealkylation sites (N-methyl/N-ethyl adjacent to an activating group) is 1. The molecule has 0 unspecified atom stereocenters. The summed E-state index contributed by atoms with van der Waals surface area (Å²) in [6.45, 7) is 4.87. The fourth-order valence-electron chi connectivity index (χ4n) is 6.57. The number of ether oxygens (including phenoxy) is 4. The molecule has 4 rings (SSSR count). The number of piperidine rings is 1. The van der Waals surface area contributed by atoms with E-state index in [1.165, 1.54) is 6.92 Å². The molecule has 0 radical (unpaired) electrons. The quantitative estimate of drug-likeness (QED) is 0.0904. The van der Waals surface area contributed by atoms with Gasteiger partial charge < -0.3 is 77.8 Å². The van der Waals surface area contributed by atoms with E-state index < -0.39 is 78.8 Å². The van der Waals surface area contributed by atoms with Crippen LogP contribution < -0.4 is 38.5 Å². The molecule has 0 aromatic heterocycles. The summed E-state index contributed by atoms with van der Waals surface area (Å²) in [5, 5.41) is 55.9. The van der Waals surface area contributed by atoms with Crippen LogP contribution in [0.4, 0.5) is 0 Å². The maximum atomic E-state index is 12.8. The van der Waals surface area contributed by atoms with Crippen molar-refractivity contribution in [3.63, 3.8) is 0 Å². The molecule has 16 nitrogen and oxygen atoms in total. The number of amides is 1. The minimum absolute atomic E-state index is 0.0350. The number of hydrogen-bond acceptors (Lipinski definition) is 15. The Hall–Kier alpha value is -1.51. The number of carbonyl (C=O) groups is 1. The molecule has 1 amide bonds. The van der Waals surface area contributed by atoms with Crippen molar-refractivity contribution >= 4 is 5.91 Å². The Bertz CT molecular complexity index is 972. The van der Waals surface area contributed by atoms with E-state index in [-0.39, 0.29) is 26.0 Å². The van der Waals surface area contributed by atoms with Gasteiger partial charge in [-0.15, -0.1) is 0 Å².